The molecule has 0 aliphatic carbocycles. The third kappa shape index (κ3) is 9.90. The molecule has 3 atom stereocenters. The number of carboxylic acid groups (broad SMARTS) is 1. The highest BCUT2D eigenvalue weighted by Gasteiger charge is 2.29. The summed E-state index contributed by atoms with van der Waals surface area (Å²) in [5, 5.41) is 25.3. The highest BCUT2D eigenvalue weighted by Crippen LogP contribution is 2.09. The lowest BCUT2D eigenvalue weighted by Crippen LogP contribution is -2.57. The molecule has 7 N–H and O–H groups in total. The Morgan fingerprint density at radius 3 is 1.56 bits per heavy atom. The number of nitrogens with one attached hydrogen (secondary N) is 3. The predicted molar refractivity (Wildman–Crippen MR) is 98.5 cm³/mol. The summed E-state index contributed by atoms with van der Waals surface area (Å²) in [6, 6.07) is -3.33. The third-order valence-electron chi connectivity index (χ3n) is 3.68. The molecule has 0 spiro atoms. The molecular weight excluding hydrogens is 356 g/mol. The topological polar surface area (TPSA) is 171 Å². The number of hydrogen-bond donors (Lipinski definition) is 6. The van der Waals surface area contributed by atoms with Gasteiger partial charge in [0.05, 0.1) is 13.2 Å². The standard InChI is InChI=1S/C17H32N4O6/c1-9(2)5-11(19-14(23)7-18)15(24)20-12(6-10(3)4)16(25)21-13(8-22)17(26)27/h9-13,22H,5-8,18H2,1-4H3,(H,19,23)(H,20,24)(H,21,25)(H,26,27). The van der Waals surface area contributed by atoms with Crippen molar-refractivity contribution in [1.29, 1.82) is 0 Å². The largest absolute Gasteiger partial charge is 0.480 e. The molecule has 156 valence electrons. The van der Waals surface area contributed by atoms with Gasteiger partial charge in [-0.3, -0.25) is 14.4 Å². The maximum absolute atomic E-state index is 12.6. The first-order chi connectivity index (χ1) is 12.5. The van der Waals surface area contributed by atoms with E-state index in [-0.39, 0.29) is 24.8 Å². The SMILES string of the molecule is CC(C)CC(NC(=O)CN)C(=O)NC(CC(C)C)C(=O)NC(CO)C(=O)O. The first kappa shape index (κ1) is 24.8. The molecule has 0 saturated carbocycles. The number of aliphatic hydroxyl groups excluding tert-OH is 1. The van der Waals surface area contributed by atoms with Crippen LogP contribution in [-0.2, 0) is 19.2 Å². The molecule has 0 rings (SSSR count). The maximum Gasteiger partial charge on any atom is 0.328 e. The Balaban J connectivity index is 5.26. The summed E-state index contributed by atoms with van der Waals surface area (Å²) >= 11 is 0. The van der Waals surface area contributed by atoms with Crippen LogP contribution in [0.25, 0.3) is 0 Å². The molecule has 0 bridgehead atoms. The van der Waals surface area contributed by atoms with Gasteiger partial charge in [-0.2, -0.15) is 0 Å². The van der Waals surface area contributed by atoms with Crippen molar-refractivity contribution in [3.05, 3.63) is 0 Å². The zero-order chi connectivity index (χ0) is 21.1. The first-order valence-corrected chi connectivity index (χ1v) is 8.95. The number of carboxylic acids is 1. The van der Waals surface area contributed by atoms with E-state index in [1.165, 1.54) is 0 Å². The number of aliphatic hydroxyl groups is 1. The molecule has 0 aliphatic rings. The molecule has 0 heterocycles. The van der Waals surface area contributed by atoms with Gasteiger partial charge < -0.3 is 31.9 Å². The van der Waals surface area contributed by atoms with E-state index in [1.54, 1.807) is 0 Å². The van der Waals surface area contributed by atoms with Crippen LogP contribution in [0.5, 0.6) is 0 Å². The number of carbonyl (C=O) groups excluding carboxylic acids is 3. The van der Waals surface area contributed by atoms with E-state index >= 15 is 0 Å². The van der Waals surface area contributed by atoms with Crippen LogP contribution in [0.4, 0.5) is 0 Å². The zero-order valence-corrected chi connectivity index (χ0v) is 16.3. The van der Waals surface area contributed by atoms with Gasteiger partial charge in [-0.25, -0.2) is 4.79 Å². The quantitative estimate of drug-likeness (QED) is 0.238. The number of hydrogen-bond acceptors (Lipinski definition) is 6. The Morgan fingerprint density at radius 2 is 1.22 bits per heavy atom. The Bertz CT molecular complexity index is 524. The summed E-state index contributed by atoms with van der Waals surface area (Å²) in [4.78, 5) is 47.6. The fourth-order valence-electron chi connectivity index (χ4n) is 2.39. The minimum Gasteiger partial charge on any atom is -0.480 e. The summed E-state index contributed by atoms with van der Waals surface area (Å²) in [7, 11) is 0. The van der Waals surface area contributed by atoms with Crippen molar-refractivity contribution in [3.63, 3.8) is 0 Å². The first-order valence-electron chi connectivity index (χ1n) is 8.95. The van der Waals surface area contributed by atoms with Crippen molar-refractivity contribution in [2.75, 3.05) is 13.2 Å². The maximum atomic E-state index is 12.6. The average Bonchev–Trinajstić information content (AvgIpc) is 2.56. The Morgan fingerprint density at radius 1 is 0.815 bits per heavy atom. The highest BCUT2D eigenvalue weighted by molar-refractivity contribution is 5.93. The summed E-state index contributed by atoms with van der Waals surface area (Å²) in [6.45, 7) is 6.40. The van der Waals surface area contributed by atoms with Gasteiger partial charge in [0.1, 0.15) is 18.1 Å². The monoisotopic (exact) mass is 388 g/mol. The molecule has 0 saturated heterocycles. The van der Waals surface area contributed by atoms with E-state index in [0.717, 1.165) is 0 Å². The van der Waals surface area contributed by atoms with Crippen molar-refractivity contribution in [1.82, 2.24) is 16.0 Å². The molecule has 10 nitrogen and oxygen atoms in total. The molecule has 27 heavy (non-hydrogen) atoms. The van der Waals surface area contributed by atoms with Gasteiger partial charge in [0.2, 0.25) is 17.7 Å². The van der Waals surface area contributed by atoms with Crippen molar-refractivity contribution in [3.8, 4) is 0 Å². The molecular formula is C17H32N4O6. The van der Waals surface area contributed by atoms with Gasteiger partial charge in [0.25, 0.3) is 0 Å². The lowest BCUT2D eigenvalue weighted by Gasteiger charge is -2.25. The van der Waals surface area contributed by atoms with Crippen molar-refractivity contribution < 1.29 is 29.4 Å². The van der Waals surface area contributed by atoms with Crippen LogP contribution in [0.2, 0.25) is 0 Å². The predicted octanol–water partition coefficient (Wildman–Crippen LogP) is -1.43. The van der Waals surface area contributed by atoms with Crippen molar-refractivity contribution >= 4 is 23.7 Å². The van der Waals surface area contributed by atoms with Crippen LogP contribution < -0.4 is 21.7 Å². The van der Waals surface area contributed by atoms with Gasteiger partial charge >= 0.3 is 5.97 Å². The van der Waals surface area contributed by atoms with Crippen LogP contribution >= 0.6 is 0 Å². The van der Waals surface area contributed by atoms with Crippen LogP contribution in [0.1, 0.15) is 40.5 Å². The lowest BCUT2D eigenvalue weighted by atomic mass is 10.00. The van der Waals surface area contributed by atoms with Crippen molar-refractivity contribution in [2.24, 2.45) is 17.6 Å². The highest BCUT2D eigenvalue weighted by atomic mass is 16.4. The second-order valence-electron chi connectivity index (χ2n) is 7.23. The molecule has 0 radical (unpaired) electrons. The number of nitrogens with two attached hydrogens (primary N) is 1. The molecule has 0 aromatic heterocycles. The summed E-state index contributed by atoms with van der Waals surface area (Å²) in [6.07, 6.45) is 0.608. The molecule has 3 unspecified atom stereocenters. The fourth-order valence-corrected chi connectivity index (χ4v) is 2.39. The number of rotatable bonds is 12. The van der Waals surface area contributed by atoms with E-state index < -0.39 is 48.4 Å². The molecule has 0 aliphatic heterocycles. The molecule has 3 amide bonds. The van der Waals surface area contributed by atoms with Crippen LogP contribution in [0.15, 0.2) is 0 Å². The average molecular weight is 388 g/mol. The van der Waals surface area contributed by atoms with Gasteiger partial charge in [-0.15, -0.1) is 0 Å². The van der Waals surface area contributed by atoms with Gasteiger partial charge in [0.15, 0.2) is 0 Å². The van der Waals surface area contributed by atoms with E-state index in [1.807, 2.05) is 27.7 Å². The molecule has 0 fully saturated rings. The second kappa shape index (κ2) is 12.2. The smallest absolute Gasteiger partial charge is 0.328 e. The minimum atomic E-state index is -1.47. The van der Waals surface area contributed by atoms with E-state index in [9.17, 15) is 19.2 Å². The second-order valence-corrected chi connectivity index (χ2v) is 7.23. The van der Waals surface area contributed by atoms with E-state index in [2.05, 4.69) is 16.0 Å². The summed E-state index contributed by atoms with van der Waals surface area (Å²) in [5.74, 6) is -3.02. The minimum absolute atomic E-state index is 0.0284. The van der Waals surface area contributed by atoms with Gasteiger partial charge in [-0.1, -0.05) is 27.7 Å². The molecule has 0 aromatic rings. The normalized spacial score (nSPS) is 14.4. The number of aliphatic carboxylic acids is 1. The Hall–Kier alpha value is -2.20. The van der Waals surface area contributed by atoms with Crippen LogP contribution in [0.3, 0.4) is 0 Å². The van der Waals surface area contributed by atoms with E-state index in [4.69, 9.17) is 15.9 Å². The molecule has 0 aromatic carbocycles. The Kier molecular flexibility index (Phi) is 11.2. The molecule has 10 heteroatoms. The lowest BCUT2D eigenvalue weighted by molar-refractivity contribution is -0.143. The van der Waals surface area contributed by atoms with Gasteiger partial charge in [0, 0.05) is 0 Å². The summed E-state index contributed by atoms with van der Waals surface area (Å²) < 4.78 is 0. The fraction of sp³-hybridized carbons (Fsp3) is 0.765. The zero-order valence-electron chi connectivity index (χ0n) is 16.3. The third-order valence-corrected chi connectivity index (χ3v) is 3.68. The Labute approximate surface area is 159 Å². The number of carbonyl (C=O) groups is 4. The van der Waals surface area contributed by atoms with Crippen LogP contribution in [0, 0.1) is 11.8 Å². The van der Waals surface area contributed by atoms with Crippen molar-refractivity contribution in [2.45, 2.75) is 58.7 Å². The van der Waals surface area contributed by atoms with Gasteiger partial charge in [-0.05, 0) is 24.7 Å². The number of amides is 3. The summed E-state index contributed by atoms with van der Waals surface area (Å²) in [5.41, 5.74) is 5.28. The van der Waals surface area contributed by atoms with E-state index in [0.29, 0.717) is 6.42 Å². The van der Waals surface area contributed by atoms with Crippen LogP contribution in [-0.4, -0.2) is 65.2 Å².